The average Bonchev–Trinajstić information content (AvgIpc) is 3.33. The second-order valence-electron chi connectivity index (χ2n) is 9.40. The van der Waals surface area contributed by atoms with Crippen LogP contribution in [0.4, 0.5) is 0 Å². The molecule has 1 aliphatic heterocycles. The predicted molar refractivity (Wildman–Crippen MR) is 139 cm³/mol. The minimum Gasteiger partial charge on any atom is -0.505 e. The van der Waals surface area contributed by atoms with Crippen LogP contribution < -0.4 is 4.74 Å². The third-order valence-electron chi connectivity index (χ3n) is 6.45. The Morgan fingerprint density at radius 1 is 1.14 bits per heavy atom. The maximum Gasteiger partial charge on any atom is 0.295 e. The highest BCUT2D eigenvalue weighted by molar-refractivity contribution is 6.46. The first-order valence-corrected chi connectivity index (χ1v) is 12.4. The van der Waals surface area contributed by atoms with Crippen LogP contribution in [-0.2, 0) is 9.59 Å². The summed E-state index contributed by atoms with van der Waals surface area (Å²) in [6.07, 6.45) is 4.93. The van der Waals surface area contributed by atoms with Crippen molar-refractivity contribution < 1.29 is 19.4 Å². The number of carbonyl (C=O) groups is 2. The lowest BCUT2D eigenvalue weighted by atomic mass is 9.96. The van der Waals surface area contributed by atoms with E-state index in [1.807, 2.05) is 61.5 Å². The van der Waals surface area contributed by atoms with E-state index >= 15 is 0 Å². The van der Waals surface area contributed by atoms with Gasteiger partial charge in [-0.05, 0) is 57.3 Å². The van der Waals surface area contributed by atoms with Crippen LogP contribution in [0.15, 0.2) is 54.2 Å². The molecule has 0 saturated carbocycles. The van der Waals surface area contributed by atoms with E-state index in [9.17, 15) is 14.7 Å². The standard InChI is InChI=1S/C28H34N4O4/c1-5-6-9-17-36-21-12-10-11-20(18-21)25-23(27(34)28(35)32(25)16-15-30(3)4)26(33)24-19(2)29-22-13-7-8-14-31(22)24/h7-8,10-14,18,25,33H,5-6,9,15-17H2,1-4H3/b26-23+. The number of hydrogen-bond acceptors (Lipinski definition) is 6. The van der Waals surface area contributed by atoms with E-state index in [1.165, 1.54) is 0 Å². The highest BCUT2D eigenvalue weighted by Gasteiger charge is 2.46. The number of aromatic nitrogens is 2. The summed E-state index contributed by atoms with van der Waals surface area (Å²) in [5.41, 5.74) is 2.42. The maximum atomic E-state index is 13.4. The zero-order valence-corrected chi connectivity index (χ0v) is 21.4. The van der Waals surface area contributed by atoms with Gasteiger partial charge in [0.2, 0.25) is 0 Å². The number of aliphatic hydroxyl groups excluding tert-OH is 1. The van der Waals surface area contributed by atoms with E-state index < -0.39 is 17.7 Å². The molecule has 1 amide bonds. The summed E-state index contributed by atoms with van der Waals surface area (Å²) >= 11 is 0. The third-order valence-corrected chi connectivity index (χ3v) is 6.45. The summed E-state index contributed by atoms with van der Waals surface area (Å²) in [5, 5.41) is 11.6. The molecule has 0 radical (unpaired) electrons. The van der Waals surface area contributed by atoms with Gasteiger partial charge in [0.25, 0.3) is 11.7 Å². The number of benzene rings is 1. The normalized spacial score (nSPS) is 17.5. The Labute approximate surface area is 211 Å². The van der Waals surface area contributed by atoms with E-state index in [1.54, 1.807) is 22.4 Å². The molecule has 36 heavy (non-hydrogen) atoms. The number of unbranched alkanes of at least 4 members (excludes halogenated alkanes) is 2. The second kappa shape index (κ2) is 11.0. The van der Waals surface area contributed by atoms with Gasteiger partial charge in [-0.3, -0.25) is 14.0 Å². The third kappa shape index (κ3) is 4.99. The summed E-state index contributed by atoms with van der Waals surface area (Å²) in [5.74, 6) is -0.871. The number of pyridine rings is 1. The Morgan fingerprint density at radius 2 is 1.94 bits per heavy atom. The van der Waals surface area contributed by atoms with E-state index in [0.717, 1.165) is 19.3 Å². The van der Waals surface area contributed by atoms with Crippen molar-refractivity contribution in [1.29, 1.82) is 0 Å². The van der Waals surface area contributed by atoms with E-state index in [0.29, 0.717) is 48.0 Å². The van der Waals surface area contributed by atoms with Gasteiger partial charge in [0.05, 0.1) is 23.9 Å². The molecule has 190 valence electrons. The van der Waals surface area contributed by atoms with Crippen molar-refractivity contribution in [2.24, 2.45) is 0 Å². The zero-order valence-electron chi connectivity index (χ0n) is 21.4. The van der Waals surface area contributed by atoms with Crippen LogP contribution in [-0.4, -0.2) is 69.8 Å². The van der Waals surface area contributed by atoms with Crippen LogP contribution in [0.3, 0.4) is 0 Å². The van der Waals surface area contributed by atoms with Gasteiger partial charge in [-0.1, -0.05) is 38.0 Å². The summed E-state index contributed by atoms with van der Waals surface area (Å²) < 4.78 is 7.69. The highest BCUT2D eigenvalue weighted by atomic mass is 16.5. The van der Waals surface area contributed by atoms with Gasteiger partial charge in [-0.15, -0.1) is 0 Å². The van der Waals surface area contributed by atoms with Crippen LogP contribution in [0, 0.1) is 6.92 Å². The monoisotopic (exact) mass is 490 g/mol. The first kappa shape index (κ1) is 25.4. The number of Topliss-reactive ketones (excluding diaryl/α,β-unsaturated/α-hetero) is 1. The van der Waals surface area contributed by atoms with Gasteiger partial charge in [-0.25, -0.2) is 4.98 Å². The van der Waals surface area contributed by atoms with E-state index in [-0.39, 0.29) is 11.3 Å². The van der Waals surface area contributed by atoms with Crippen molar-refractivity contribution in [2.45, 2.75) is 39.2 Å². The summed E-state index contributed by atoms with van der Waals surface area (Å²) in [7, 11) is 3.83. The molecule has 1 saturated heterocycles. The highest BCUT2D eigenvalue weighted by Crippen LogP contribution is 2.40. The van der Waals surface area contributed by atoms with Gasteiger partial charge in [0.1, 0.15) is 17.1 Å². The first-order valence-electron chi connectivity index (χ1n) is 12.4. The van der Waals surface area contributed by atoms with Crippen molar-refractivity contribution in [3.63, 3.8) is 0 Å². The smallest absolute Gasteiger partial charge is 0.295 e. The second-order valence-corrected chi connectivity index (χ2v) is 9.40. The molecule has 8 nitrogen and oxygen atoms in total. The number of nitrogens with zero attached hydrogens (tertiary/aromatic N) is 4. The number of aryl methyl sites for hydroxylation is 1. The Hall–Kier alpha value is -3.65. The summed E-state index contributed by atoms with van der Waals surface area (Å²) in [4.78, 5) is 34.6. The number of carbonyl (C=O) groups excluding carboxylic acids is 2. The summed E-state index contributed by atoms with van der Waals surface area (Å²) in [6.45, 7) is 5.43. The van der Waals surface area contributed by atoms with Crippen molar-refractivity contribution >= 4 is 23.1 Å². The molecule has 3 heterocycles. The first-order chi connectivity index (χ1) is 17.3. The number of rotatable bonds is 10. The molecule has 2 aromatic heterocycles. The molecule has 3 aromatic rings. The molecule has 1 aromatic carbocycles. The van der Waals surface area contributed by atoms with Crippen molar-refractivity contribution in [1.82, 2.24) is 19.2 Å². The van der Waals surface area contributed by atoms with Gasteiger partial charge < -0.3 is 19.6 Å². The number of likely N-dealkylation sites (N-methyl/N-ethyl adjacent to an activating group) is 1. The van der Waals surface area contributed by atoms with Crippen LogP contribution in [0.5, 0.6) is 5.75 Å². The summed E-state index contributed by atoms with van der Waals surface area (Å²) in [6, 6.07) is 12.2. The van der Waals surface area contributed by atoms with Crippen LogP contribution in [0.25, 0.3) is 11.4 Å². The lowest BCUT2D eigenvalue weighted by molar-refractivity contribution is -0.140. The molecular weight excluding hydrogens is 456 g/mol. The van der Waals surface area contributed by atoms with Gasteiger partial charge in [0.15, 0.2) is 5.76 Å². The van der Waals surface area contributed by atoms with Crippen molar-refractivity contribution in [3.8, 4) is 5.75 Å². The molecule has 1 unspecified atom stereocenters. The van der Waals surface area contributed by atoms with Gasteiger partial charge >= 0.3 is 0 Å². The molecule has 1 N–H and O–H groups in total. The lowest BCUT2D eigenvalue weighted by Crippen LogP contribution is -2.35. The number of ketones is 1. The number of fused-ring (bicyclic) bond motifs is 1. The predicted octanol–water partition coefficient (Wildman–Crippen LogP) is 4.20. The quantitative estimate of drug-likeness (QED) is 0.198. The molecule has 0 aliphatic carbocycles. The number of aliphatic hydroxyl groups is 1. The maximum absolute atomic E-state index is 13.4. The molecule has 0 spiro atoms. The fourth-order valence-corrected chi connectivity index (χ4v) is 4.61. The van der Waals surface area contributed by atoms with Crippen LogP contribution >= 0.6 is 0 Å². The molecule has 0 bridgehead atoms. The molecule has 1 atom stereocenters. The fourth-order valence-electron chi connectivity index (χ4n) is 4.61. The largest absolute Gasteiger partial charge is 0.505 e. The molecule has 1 aliphatic rings. The van der Waals surface area contributed by atoms with Crippen LogP contribution in [0.2, 0.25) is 0 Å². The number of imidazole rings is 1. The minimum atomic E-state index is -0.738. The molecule has 8 heteroatoms. The lowest BCUT2D eigenvalue weighted by Gasteiger charge is -2.27. The Kier molecular flexibility index (Phi) is 7.74. The number of hydrogen-bond donors (Lipinski definition) is 1. The van der Waals surface area contributed by atoms with Crippen LogP contribution in [0.1, 0.15) is 49.2 Å². The van der Waals surface area contributed by atoms with Gasteiger partial charge in [-0.2, -0.15) is 0 Å². The SMILES string of the molecule is CCCCCOc1cccc(C2/C(=C(\O)c3c(C)nc4ccccn34)C(=O)C(=O)N2CCN(C)C)c1. The zero-order chi connectivity index (χ0) is 25.8. The number of likely N-dealkylation sites (tertiary alicyclic amines) is 1. The fraction of sp³-hybridized carbons (Fsp3) is 0.393. The van der Waals surface area contributed by atoms with E-state index in [4.69, 9.17) is 4.74 Å². The van der Waals surface area contributed by atoms with Gasteiger partial charge in [0, 0.05) is 19.3 Å². The van der Waals surface area contributed by atoms with E-state index in [2.05, 4.69) is 11.9 Å². The Morgan fingerprint density at radius 3 is 2.69 bits per heavy atom. The van der Waals surface area contributed by atoms with Crippen molar-refractivity contribution in [2.75, 3.05) is 33.8 Å². The molecule has 4 rings (SSSR count). The molecular formula is C28H34N4O4. The molecule has 1 fully saturated rings. The minimum absolute atomic E-state index is 0.0654. The topological polar surface area (TPSA) is 87.4 Å². The Bertz CT molecular complexity index is 1290. The van der Waals surface area contributed by atoms with Crippen molar-refractivity contribution in [3.05, 3.63) is 71.2 Å². The number of ether oxygens (including phenoxy) is 1. The Balaban J connectivity index is 1.82. The average molecular weight is 491 g/mol. The number of amides is 1.